The van der Waals surface area contributed by atoms with E-state index in [1.54, 1.807) is 13.0 Å². The molecule has 0 atom stereocenters. The van der Waals surface area contributed by atoms with Crippen molar-refractivity contribution in [2.45, 2.75) is 6.92 Å². The maximum Gasteiger partial charge on any atom is 0.265 e. The minimum atomic E-state index is -0.653. The number of aromatic nitrogens is 1. The predicted octanol–water partition coefficient (Wildman–Crippen LogP) is 0.572. The molecule has 2 amide bonds. The molecule has 0 aliphatic heterocycles. The van der Waals surface area contributed by atoms with Gasteiger partial charge in [-0.3, -0.25) is 19.2 Å². The Hall–Kier alpha value is -3.20. The first-order valence-electron chi connectivity index (χ1n) is 7.49. The monoisotopic (exact) mass is 375 g/mol. The number of hydrogen-bond donors (Lipinski definition) is 3. The standard InChI is InChI=1S/C17H17N3O5S/c1-9-7-12(22)15(17(25)20(9)2)11(21)5-3-10-4-6-13(26-10)16(24)19-8-14(18)23/h3-7,22H,8H2,1-2H3,(H2,18,23)(H,19,24). The summed E-state index contributed by atoms with van der Waals surface area (Å²) in [6, 6.07) is 4.49. The molecule has 2 aromatic rings. The fourth-order valence-electron chi connectivity index (χ4n) is 2.10. The molecule has 2 aromatic heterocycles. The third-order valence-electron chi connectivity index (χ3n) is 3.57. The van der Waals surface area contributed by atoms with Gasteiger partial charge in [-0.15, -0.1) is 11.3 Å². The molecule has 0 saturated carbocycles. The van der Waals surface area contributed by atoms with Gasteiger partial charge in [0.25, 0.3) is 11.5 Å². The smallest absolute Gasteiger partial charge is 0.265 e. The van der Waals surface area contributed by atoms with Crippen molar-refractivity contribution >= 4 is 35.0 Å². The van der Waals surface area contributed by atoms with Crippen molar-refractivity contribution in [2.24, 2.45) is 12.8 Å². The molecular formula is C17H17N3O5S. The normalized spacial score (nSPS) is 10.8. The van der Waals surface area contributed by atoms with Crippen molar-refractivity contribution in [1.82, 2.24) is 9.88 Å². The molecular weight excluding hydrogens is 358 g/mol. The number of pyridine rings is 1. The molecule has 0 bridgehead atoms. The highest BCUT2D eigenvalue weighted by Crippen LogP contribution is 2.19. The number of amides is 2. The van der Waals surface area contributed by atoms with Crippen molar-refractivity contribution < 1.29 is 19.5 Å². The quantitative estimate of drug-likeness (QED) is 0.502. The van der Waals surface area contributed by atoms with E-state index in [2.05, 4.69) is 5.32 Å². The van der Waals surface area contributed by atoms with E-state index in [1.807, 2.05) is 0 Å². The minimum absolute atomic E-state index is 0.267. The van der Waals surface area contributed by atoms with Crippen LogP contribution in [-0.4, -0.2) is 33.8 Å². The largest absolute Gasteiger partial charge is 0.507 e. The van der Waals surface area contributed by atoms with Crippen LogP contribution in [0.1, 0.15) is 30.6 Å². The van der Waals surface area contributed by atoms with Gasteiger partial charge in [-0.2, -0.15) is 0 Å². The predicted molar refractivity (Wildman–Crippen MR) is 97.3 cm³/mol. The number of rotatable bonds is 6. The van der Waals surface area contributed by atoms with Gasteiger partial charge in [-0.25, -0.2) is 0 Å². The lowest BCUT2D eigenvalue weighted by atomic mass is 10.1. The summed E-state index contributed by atoms with van der Waals surface area (Å²) in [6.45, 7) is 1.37. The minimum Gasteiger partial charge on any atom is -0.507 e. The Bertz CT molecular complexity index is 971. The van der Waals surface area contributed by atoms with Crippen LogP contribution in [0, 0.1) is 6.92 Å². The Kier molecular flexibility index (Phi) is 5.73. The Morgan fingerprint density at radius 1 is 1.35 bits per heavy atom. The average Bonchev–Trinajstić information content (AvgIpc) is 3.05. The van der Waals surface area contributed by atoms with Gasteiger partial charge in [-0.05, 0) is 31.2 Å². The summed E-state index contributed by atoms with van der Waals surface area (Å²) < 4.78 is 1.27. The number of ketones is 1. The van der Waals surface area contributed by atoms with Crippen LogP contribution in [-0.2, 0) is 11.8 Å². The van der Waals surface area contributed by atoms with Crippen LogP contribution in [0.2, 0.25) is 0 Å². The zero-order valence-electron chi connectivity index (χ0n) is 14.1. The maximum atomic E-state index is 12.3. The average molecular weight is 375 g/mol. The number of nitrogens with zero attached hydrogens (tertiary/aromatic N) is 1. The first-order valence-corrected chi connectivity index (χ1v) is 8.30. The van der Waals surface area contributed by atoms with Crippen molar-refractivity contribution in [1.29, 1.82) is 0 Å². The highest BCUT2D eigenvalue weighted by molar-refractivity contribution is 7.14. The number of allylic oxidation sites excluding steroid dienone is 1. The summed E-state index contributed by atoms with van der Waals surface area (Å²) >= 11 is 1.09. The van der Waals surface area contributed by atoms with Crippen molar-refractivity contribution in [2.75, 3.05) is 6.54 Å². The molecule has 2 heterocycles. The molecule has 0 fully saturated rings. The third-order valence-corrected chi connectivity index (χ3v) is 4.62. The molecule has 0 saturated heterocycles. The summed E-state index contributed by atoms with van der Waals surface area (Å²) in [5.41, 5.74) is 4.58. The molecule has 2 rings (SSSR count). The summed E-state index contributed by atoms with van der Waals surface area (Å²) in [5, 5.41) is 12.2. The SMILES string of the molecule is Cc1cc(O)c(C(=O)C=Cc2ccc(C(=O)NCC(N)=O)s2)c(=O)n1C. The van der Waals surface area contributed by atoms with Crippen molar-refractivity contribution in [3.05, 3.63) is 55.6 Å². The van der Waals surface area contributed by atoms with Gasteiger partial charge >= 0.3 is 0 Å². The van der Waals surface area contributed by atoms with Crippen LogP contribution >= 0.6 is 11.3 Å². The van der Waals surface area contributed by atoms with Gasteiger partial charge in [0, 0.05) is 23.7 Å². The van der Waals surface area contributed by atoms with Crippen molar-refractivity contribution in [3.63, 3.8) is 0 Å². The van der Waals surface area contributed by atoms with Crippen molar-refractivity contribution in [3.8, 4) is 5.75 Å². The van der Waals surface area contributed by atoms with E-state index >= 15 is 0 Å². The zero-order chi connectivity index (χ0) is 19.4. The van der Waals surface area contributed by atoms with Crippen LogP contribution in [0.25, 0.3) is 6.08 Å². The van der Waals surface area contributed by atoms with Crippen LogP contribution in [0.15, 0.2) is 29.1 Å². The van der Waals surface area contributed by atoms with Gasteiger partial charge in [0.15, 0.2) is 5.78 Å². The molecule has 9 heteroatoms. The number of thiophene rings is 1. The maximum absolute atomic E-state index is 12.3. The number of carbonyl (C=O) groups is 3. The van der Waals surface area contributed by atoms with E-state index in [-0.39, 0.29) is 17.9 Å². The van der Waals surface area contributed by atoms with Gasteiger partial charge < -0.3 is 20.7 Å². The van der Waals surface area contributed by atoms with Gasteiger partial charge in [0.1, 0.15) is 11.3 Å². The fraction of sp³-hybridized carbons (Fsp3) is 0.176. The molecule has 8 nitrogen and oxygen atoms in total. The molecule has 4 N–H and O–H groups in total. The lowest BCUT2D eigenvalue weighted by Gasteiger charge is -2.07. The first kappa shape index (κ1) is 19.1. The van der Waals surface area contributed by atoms with Crippen LogP contribution < -0.4 is 16.6 Å². The topological polar surface area (TPSA) is 131 Å². The van der Waals surface area contributed by atoms with Crippen LogP contribution in [0.4, 0.5) is 0 Å². The molecule has 0 aliphatic carbocycles. The second-order valence-corrected chi connectivity index (χ2v) is 6.57. The van der Waals surface area contributed by atoms with Crippen LogP contribution in [0.3, 0.4) is 0 Å². The summed E-state index contributed by atoms with van der Waals surface area (Å²) in [7, 11) is 1.51. The summed E-state index contributed by atoms with van der Waals surface area (Å²) in [6.07, 6.45) is 2.60. The number of primary amides is 1. The number of nitrogens with one attached hydrogen (secondary N) is 1. The fourth-order valence-corrected chi connectivity index (χ4v) is 2.92. The summed E-state index contributed by atoms with van der Waals surface area (Å²) in [4.78, 5) is 47.8. The first-order chi connectivity index (χ1) is 12.2. The molecule has 0 unspecified atom stereocenters. The molecule has 136 valence electrons. The van der Waals surface area contributed by atoms with Gasteiger partial charge in [0.2, 0.25) is 5.91 Å². The number of nitrogens with two attached hydrogens (primary N) is 1. The molecule has 0 radical (unpaired) electrons. The number of carbonyl (C=O) groups excluding carboxylic acids is 3. The lowest BCUT2D eigenvalue weighted by molar-refractivity contribution is -0.117. The van der Waals surface area contributed by atoms with E-state index in [9.17, 15) is 24.3 Å². The molecule has 0 aromatic carbocycles. The number of hydrogen-bond acceptors (Lipinski definition) is 6. The molecule has 26 heavy (non-hydrogen) atoms. The van der Waals surface area contributed by atoms with E-state index in [0.717, 1.165) is 17.4 Å². The summed E-state index contributed by atoms with van der Waals surface area (Å²) in [5.74, 6) is -2.13. The highest BCUT2D eigenvalue weighted by Gasteiger charge is 2.16. The number of aromatic hydroxyl groups is 1. The Morgan fingerprint density at radius 3 is 2.69 bits per heavy atom. The molecule has 0 spiro atoms. The van der Waals surface area contributed by atoms with Gasteiger partial charge in [-0.1, -0.05) is 0 Å². The number of aryl methyl sites for hydroxylation is 1. The zero-order valence-corrected chi connectivity index (χ0v) is 14.9. The Labute approximate surface area is 152 Å². The highest BCUT2D eigenvalue weighted by atomic mass is 32.1. The van der Waals surface area contributed by atoms with E-state index in [1.165, 1.54) is 29.8 Å². The van der Waals surface area contributed by atoms with Crippen LogP contribution in [0.5, 0.6) is 5.75 Å². The lowest BCUT2D eigenvalue weighted by Crippen LogP contribution is -2.32. The third kappa shape index (κ3) is 4.25. The van der Waals surface area contributed by atoms with Gasteiger partial charge in [0.05, 0.1) is 11.4 Å². The van der Waals surface area contributed by atoms with E-state index < -0.39 is 23.2 Å². The second kappa shape index (κ2) is 7.79. The van der Waals surface area contributed by atoms with E-state index in [4.69, 9.17) is 5.73 Å². The second-order valence-electron chi connectivity index (χ2n) is 5.46. The Balaban J connectivity index is 2.17. The van der Waals surface area contributed by atoms with E-state index in [0.29, 0.717) is 15.4 Å². The molecule has 0 aliphatic rings. The Morgan fingerprint density at radius 2 is 2.04 bits per heavy atom.